The van der Waals surface area contributed by atoms with Crippen molar-refractivity contribution in [1.29, 1.82) is 0 Å². The summed E-state index contributed by atoms with van der Waals surface area (Å²) >= 11 is 0. The van der Waals surface area contributed by atoms with Crippen molar-refractivity contribution in [3.8, 4) is 0 Å². The number of carbonyl (C=O) groups excluding carboxylic acids is 1. The van der Waals surface area contributed by atoms with Gasteiger partial charge in [-0.3, -0.25) is 4.79 Å². The van der Waals surface area contributed by atoms with E-state index in [4.69, 9.17) is 9.56 Å². The molecule has 0 aliphatic rings. The number of nitrogens with two attached hydrogens (primary N) is 1. The summed E-state index contributed by atoms with van der Waals surface area (Å²) in [6.07, 6.45) is 1.49. The van der Waals surface area contributed by atoms with E-state index in [9.17, 15) is 13.2 Å². The molecule has 6 nitrogen and oxygen atoms in total. The minimum absolute atomic E-state index is 0.0691. The molecule has 1 aromatic heterocycles. The Morgan fingerprint density at radius 2 is 1.78 bits per heavy atom. The molecular weight excluding hydrogens is 364 g/mol. The summed E-state index contributed by atoms with van der Waals surface area (Å²) in [4.78, 5) is 12.5. The van der Waals surface area contributed by atoms with Crippen LogP contribution in [0, 0.1) is 6.92 Å². The molecule has 142 valence electrons. The van der Waals surface area contributed by atoms with Gasteiger partial charge in [-0.05, 0) is 55.2 Å². The van der Waals surface area contributed by atoms with E-state index in [1.165, 1.54) is 17.7 Å². The Kier molecular flexibility index (Phi) is 5.34. The lowest BCUT2D eigenvalue weighted by atomic mass is 10.1. The number of benzene rings is 2. The second-order valence-electron chi connectivity index (χ2n) is 6.44. The Morgan fingerprint density at radius 1 is 1.11 bits per heavy atom. The lowest BCUT2D eigenvalue weighted by Gasteiger charge is -2.05. The molecule has 3 aromatic rings. The first-order valence-electron chi connectivity index (χ1n) is 8.71. The van der Waals surface area contributed by atoms with Gasteiger partial charge in [-0.2, -0.15) is 0 Å². The van der Waals surface area contributed by atoms with E-state index in [0.29, 0.717) is 24.3 Å². The first-order valence-corrected chi connectivity index (χ1v) is 10.3. The fourth-order valence-electron chi connectivity index (χ4n) is 2.95. The molecule has 0 aliphatic heterocycles. The van der Waals surface area contributed by atoms with Crippen LogP contribution in [0.2, 0.25) is 0 Å². The summed E-state index contributed by atoms with van der Waals surface area (Å²) in [5.74, 6) is 0.0609. The lowest BCUT2D eigenvalue weighted by molar-refractivity contribution is 0.0927. The van der Waals surface area contributed by atoms with E-state index in [1.54, 1.807) is 12.1 Å². The van der Waals surface area contributed by atoms with Crippen molar-refractivity contribution < 1.29 is 17.6 Å². The zero-order valence-electron chi connectivity index (χ0n) is 15.3. The lowest BCUT2D eigenvalue weighted by Crippen LogP contribution is -2.25. The van der Waals surface area contributed by atoms with Crippen LogP contribution in [0.25, 0.3) is 11.0 Å². The maximum Gasteiger partial charge on any atom is 0.287 e. The number of fused-ring (bicyclic) bond motifs is 1. The van der Waals surface area contributed by atoms with Gasteiger partial charge in [0.2, 0.25) is 10.0 Å². The quantitative estimate of drug-likeness (QED) is 0.680. The number of furan rings is 1. The number of amides is 1. The molecule has 0 aliphatic carbocycles. The highest BCUT2D eigenvalue weighted by molar-refractivity contribution is 7.89. The summed E-state index contributed by atoms with van der Waals surface area (Å²) in [6.45, 7) is 4.37. The van der Waals surface area contributed by atoms with Crippen LogP contribution < -0.4 is 10.5 Å². The number of hydrogen-bond acceptors (Lipinski definition) is 4. The molecule has 0 spiro atoms. The van der Waals surface area contributed by atoms with Gasteiger partial charge in [0.25, 0.3) is 5.91 Å². The van der Waals surface area contributed by atoms with Crippen LogP contribution in [0.5, 0.6) is 0 Å². The number of rotatable bonds is 6. The van der Waals surface area contributed by atoms with Gasteiger partial charge in [0.05, 0.1) is 4.90 Å². The third kappa shape index (κ3) is 4.20. The molecule has 2 aromatic carbocycles. The van der Waals surface area contributed by atoms with Gasteiger partial charge >= 0.3 is 0 Å². The molecule has 27 heavy (non-hydrogen) atoms. The second-order valence-corrected chi connectivity index (χ2v) is 8.00. The van der Waals surface area contributed by atoms with Crippen molar-refractivity contribution >= 4 is 26.9 Å². The van der Waals surface area contributed by atoms with Gasteiger partial charge in [-0.15, -0.1) is 0 Å². The Balaban J connectivity index is 1.66. The van der Waals surface area contributed by atoms with E-state index < -0.39 is 10.0 Å². The number of aryl methyl sites for hydroxylation is 2. The fourth-order valence-corrected chi connectivity index (χ4v) is 3.47. The average molecular weight is 386 g/mol. The molecule has 3 N–H and O–H groups in total. The number of sulfonamides is 1. The van der Waals surface area contributed by atoms with Gasteiger partial charge in [-0.1, -0.05) is 25.1 Å². The van der Waals surface area contributed by atoms with Gasteiger partial charge < -0.3 is 9.73 Å². The standard InChI is InChI=1S/C20H22N2O4S/c1-3-14-6-9-18-17(12-14)13(2)19(26-18)20(23)22-11-10-15-4-7-16(8-5-15)27(21,24)25/h4-9,12H,3,10-11H2,1-2H3,(H,22,23)(H2,21,24,25). The van der Waals surface area contributed by atoms with Gasteiger partial charge in [0.1, 0.15) is 5.58 Å². The molecule has 0 bridgehead atoms. The number of carbonyl (C=O) groups is 1. The van der Waals surface area contributed by atoms with E-state index in [0.717, 1.165) is 22.9 Å². The average Bonchev–Trinajstić information content (AvgIpc) is 2.97. The second kappa shape index (κ2) is 7.54. The molecule has 0 saturated heterocycles. The summed E-state index contributed by atoms with van der Waals surface area (Å²) in [6, 6.07) is 12.2. The maximum absolute atomic E-state index is 12.5. The van der Waals surface area contributed by atoms with Crippen LogP contribution in [0.1, 0.15) is 34.2 Å². The van der Waals surface area contributed by atoms with Crippen molar-refractivity contribution in [2.75, 3.05) is 6.54 Å². The molecule has 0 saturated carbocycles. The highest BCUT2D eigenvalue weighted by Crippen LogP contribution is 2.26. The fraction of sp³-hybridized carbons (Fsp3) is 0.250. The third-order valence-electron chi connectivity index (χ3n) is 4.57. The zero-order chi connectivity index (χ0) is 19.6. The third-order valence-corrected chi connectivity index (χ3v) is 5.50. The normalized spacial score (nSPS) is 11.7. The Labute approximate surface area is 158 Å². The van der Waals surface area contributed by atoms with Gasteiger partial charge in [0, 0.05) is 17.5 Å². The largest absolute Gasteiger partial charge is 0.451 e. The highest BCUT2D eigenvalue weighted by Gasteiger charge is 2.17. The predicted octanol–water partition coefficient (Wildman–Crippen LogP) is 2.92. The summed E-state index contributed by atoms with van der Waals surface area (Å²) in [5.41, 5.74) is 3.63. The minimum Gasteiger partial charge on any atom is -0.451 e. The first-order chi connectivity index (χ1) is 12.8. The van der Waals surface area contributed by atoms with Crippen molar-refractivity contribution in [3.05, 3.63) is 64.9 Å². The first kappa shape index (κ1) is 19.1. The monoisotopic (exact) mass is 386 g/mol. The van der Waals surface area contributed by atoms with Gasteiger partial charge in [0.15, 0.2) is 5.76 Å². The highest BCUT2D eigenvalue weighted by atomic mass is 32.2. The molecule has 7 heteroatoms. The number of nitrogens with one attached hydrogen (secondary N) is 1. The van der Waals surface area contributed by atoms with Crippen molar-refractivity contribution in [2.45, 2.75) is 31.6 Å². The summed E-state index contributed by atoms with van der Waals surface area (Å²) < 4.78 is 28.2. The van der Waals surface area contributed by atoms with Crippen LogP contribution in [0.4, 0.5) is 0 Å². The minimum atomic E-state index is -3.69. The van der Waals surface area contributed by atoms with Crippen LogP contribution in [0.15, 0.2) is 51.8 Å². The molecule has 0 unspecified atom stereocenters. The van der Waals surface area contributed by atoms with E-state index in [2.05, 4.69) is 18.3 Å². The van der Waals surface area contributed by atoms with Crippen LogP contribution >= 0.6 is 0 Å². The predicted molar refractivity (Wildman–Crippen MR) is 104 cm³/mol. The Bertz CT molecular complexity index is 1080. The molecule has 0 radical (unpaired) electrons. The van der Waals surface area contributed by atoms with Crippen molar-refractivity contribution in [3.63, 3.8) is 0 Å². The molecule has 1 amide bonds. The van der Waals surface area contributed by atoms with Gasteiger partial charge in [-0.25, -0.2) is 13.6 Å². The van der Waals surface area contributed by atoms with Crippen LogP contribution in [-0.2, 0) is 22.9 Å². The zero-order valence-corrected chi connectivity index (χ0v) is 16.1. The van der Waals surface area contributed by atoms with E-state index >= 15 is 0 Å². The molecular formula is C20H22N2O4S. The van der Waals surface area contributed by atoms with Crippen LogP contribution in [-0.4, -0.2) is 20.9 Å². The summed E-state index contributed by atoms with van der Waals surface area (Å²) in [7, 11) is -3.69. The topological polar surface area (TPSA) is 102 Å². The smallest absolute Gasteiger partial charge is 0.287 e. The van der Waals surface area contributed by atoms with E-state index in [-0.39, 0.29) is 10.8 Å². The summed E-state index contributed by atoms with van der Waals surface area (Å²) in [5, 5.41) is 8.88. The Hall–Kier alpha value is -2.64. The van der Waals surface area contributed by atoms with Crippen molar-refractivity contribution in [2.24, 2.45) is 5.14 Å². The number of hydrogen-bond donors (Lipinski definition) is 2. The van der Waals surface area contributed by atoms with Crippen molar-refractivity contribution in [1.82, 2.24) is 5.32 Å². The van der Waals surface area contributed by atoms with Crippen LogP contribution in [0.3, 0.4) is 0 Å². The molecule has 0 fully saturated rings. The molecule has 3 rings (SSSR count). The van der Waals surface area contributed by atoms with E-state index in [1.807, 2.05) is 19.1 Å². The number of primary sulfonamides is 1. The molecule has 0 atom stereocenters. The Morgan fingerprint density at radius 3 is 2.41 bits per heavy atom. The maximum atomic E-state index is 12.5. The SMILES string of the molecule is CCc1ccc2oc(C(=O)NCCc3ccc(S(N)(=O)=O)cc3)c(C)c2c1. The molecule has 1 heterocycles.